The number of carbonyl (C=O) groups is 4. The second-order valence-electron chi connectivity index (χ2n) is 8.89. The Hall–Kier alpha value is -3.84. The largest absolute Gasteiger partial charge is 0.383 e. The predicted octanol–water partition coefficient (Wildman–Crippen LogP) is 3.51. The summed E-state index contributed by atoms with van der Waals surface area (Å²) in [6.45, 7) is 6.60. The zero-order chi connectivity index (χ0) is 30.7. The van der Waals surface area contributed by atoms with Crippen LogP contribution in [-0.4, -0.2) is 114 Å². The van der Waals surface area contributed by atoms with Gasteiger partial charge in [-0.25, -0.2) is 19.4 Å². The van der Waals surface area contributed by atoms with Crippen LogP contribution in [-0.2, 0) is 23.7 Å². The molecule has 0 radical (unpaired) electrons. The van der Waals surface area contributed by atoms with E-state index in [-0.39, 0.29) is 69.5 Å². The van der Waals surface area contributed by atoms with Crippen molar-refractivity contribution in [1.29, 1.82) is 0 Å². The van der Waals surface area contributed by atoms with Crippen molar-refractivity contribution in [1.82, 2.24) is 9.80 Å². The molecule has 0 heterocycles. The lowest BCUT2D eigenvalue weighted by atomic mass is 10.1. The summed E-state index contributed by atoms with van der Waals surface area (Å²) >= 11 is 0. The molecule has 2 rings (SSSR count). The van der Waals surface area contributed by atoms with E-state index < -0.39 is 18.0 Å². The third kappa shape index (κ3) is 9.91. The molecule has 12 heteroatoms. The molecule has 0 unspecified atom stereocenters. The first kappa shape index (κ1) is 34.4. The van der Waals surface area contributed by atoms with Crippen LogP contribution in [0.4, 0.5) is 21.0 Å². The van der Waals surface area contributed by atoms with Gasteiger partial charge in [-0.05, 0) is 38.1 Å². The number of para-hydroxylation sites is 2. The highest BCUT2D eigenvalue weighted by molar-refractivity contribution is 6.24. The highest BCUT2D eigenvalue weighted by Crippen LogP contribution is 2.25. The first-order valence-electron chi connectivity index (χ1n) is 13.9. The van der Waals surface area contributed by atoms with Crippen LogP contribution >= 0.6 is 0 Å². The lowest BCUT2D eigenvalue weighted by Crippen LogP contribution is -2.53. The van der Waals surface area contributed by atoms with Crippen molar-refractivity contribution in [3.05, 3.63) is 60.2 Å². The Kier molecular flexibility index (Phi) is 15.8. The van der Waals surface area contributed by atoms with E-state index in [1.54, 1.807) is 42.5 Å². The van der Waals surface area contributed by atoms with E-state index in [2.05, 4.69) is 0 Å². The van der Waals surface area contributed by atoms with E-state index in [1.807, 2.05) is 13.8 Å². The molecular formula is C30H42N4O8. The van der Waals surface area contributed by atoms with Gasteiger partial charge in [-0.1, -0.05) is 30.3 Å². The molecule has 42 heavy (non-hydrogen) atoms. The van der Waals surface area contributed by atoms with Crippen molar-refractivity contribution in [3.63, 3.8) is 0 Å². The zero-order valence-electron chi connectivity index (χ0n) is 24.9. The molecule has 230 valence electrons. The molecule has 2 aromatic rings. The second kappa shape index (κ2) is 19.3. The zero-order valence-corrected chi connectivity index (χ0v) is 24.9. The maximum absolute atomic E-state index is 14.1. The molecule has 0 atom stereocenters. The van der Waals surface area contributed by atoms with Gasteiger partial charge in [0.15, 0.2) is 0 Å². The van der Waals surface area contributed by atoms with Gasteiger partial charge in [-0.15, -0.1) is 0 Å². The molecule has 6 amide bonds. The van der Waals surface area contributed by atoms with Gasteiger partial charge >= 0.3 is 12.1 Å². The van der Waals surface area contributed by atoms with Crippen LogP contribution in [0.25, 0.3) is 0 Å². The molecule has 0 aliphatic rings. The summed E-state index contributed by atoms with van der Waals surface area (Å²) in [5.74, 6) is -0.424. The number of urea groups is 2. The molecule has 0 N–H and O–H groups in total. The van der Waals surface area contributed by atoms with Gasteiger partial charge in [0.25, 0.3) is 5.91 Å². The Morgan fingerprint density at radius 1 is 0.690 bits per heavy atom. The number of carbonyl (C=O) groups excluding carboxylic acids is 4. The Balaban J connectivity index is 2.52. The van der Waals surface area contributed by atoms with Gasteiger partial charge in [0.05, 0.1) is 43.4 Å². The van der Waals surface area contributed by atoms with Gasteiger partial charge in [-0.2, -0.15) is 0 Å². The van der Waals surface area contributed by atoms with Crippen LogP contribution in [0.5, 0.6) is 0 Å². The van der Waals surface area contributed by atoms with Gasteiger partial charge in [0, 0.05) is 53.6 Å². The number of imide groups is 2. The second-order valence-corrected chi connectivity index (χ2v) is 8.89. The van der Waals surface area contributed by atoms with Crippen LogP contribution in [0.15, 0.2) is 54.6 Å². The SMILES string of the molecule is CCOCCN(CCOCC)C(=O)N(C(=O)N(C=O)c1ccccc1C(=O)N(CCOC)CCOC)c1ccccc1. The molecule has 2 aromatic carbocycles. The smallest absolute Gasteiger partial charge is 0.343 e. The molecule has 12 nitrogen and oxygen atoms in total. The van der Waals surface area contributed by atoms with Crippen LogP contribution < -0.4 is 9.80 Å². The third-order valence-corrected chi connectivity index (χ3v) is 6.21. The van der Waals surface area contributed by atoms with Gasteiger partial charge in [0.1, 0.15) is 0 Å². The third-order valence-electron chi connectivity index (χ3n) is 6.21. The molecule has 0 saturated carbocycles. The lowest BCUT2D eigenvalue weighted by molar-refractivity contribution is -0.106. The fourth-order valence-electron chi connectivity index (χ4n) is 4.03. The molecule has 0 fully saturated rings. The lowest BCUT2D eigenvalue weighted by Gasteiger charge is -2.32. The fraction of sp³-hybridized carbons (Fsp3) is 0.467. The quantitative estimate of drug-likeness (QED) is 0.192. The van der Waals surface area contributed by atoms with Crippen LogP contribution in [0.1, 0.15) is 24.2 Å². The summed E-state index contributed by atoms with van der Waals surface area (Å²) in [6.07, 6.45) is 0.303. The van der Waals surface area contributed by atoms with E-state index in [4.69, 9.17) is 18.9 Å². The van der Waals surface area contributed by atoms with Crippen molar-refractivity contribution >= 4 is 35.8 Å². The summed E-state index contributed by atoms with van der Waals surface area (Å²) in [5.41, 5.74) is 0.393. The number of methoxy groups -OCH3 is 2. The Morgan fingerprint density at radius 3 is 1.74 bits per heavy atom. The van der Waals surface area contributed by atoms with Crippen molar-refractivity contribution in [3.8, 4) is 0 Å². The van der Waals surface area contributed by atoms with Gasteiger partial charge < -0.3 is 28.7 Å². The minimum Gasteiger partial charge on any atom is -0.383 e. The maximum atomic E-state index is 14.1. The summed E-state index contributed by atoms with van der Waals surface area (Å²) in [4.78, 5) is 58.9. The summed E-state index contributed by atoms with van der Waals surface area (Å²) < 4.78 is 21.2. The monoisotopic (exact) mass is 586 g/mol. The van der Waals surface area contributed by atoms with Crippen LogP contribution in [0.3, 0.4) is 0 Å². The highest BCUT2D eigenvalue weighted by atomic mass is 16.5. The van der Waals surface area contributed by atoms with Crippen LogP contribution in [0.2, 0.25) is 0 Å². The van der Waals surface area contributed by atoms with Crippen molar-refractivity contribution < 1.29 is 38.1 Å². The molecule has 0 aromatic heterocycles. The van der Waals surface area contributed by atoms with Crippen molar-refractivity contribution in [2.45, 2.75) is 13.8 Å². The first-order chi connectivity index (χ1) is 20.4. The topological polar surface area (TPSA) is 118 Å². The van der Waals surface area contributed by atoms with Crippen molar-refractivity contribution in [2.75, 3.05) is 89.8 Å². The molecule has 0 bridgehead atoms. The van der Waals surface area contributed by atoms with E-state index in [9.17, 15) is 19.2 Å². The van der Waals surface area contributed by atoms with E-state index in [1.165, 1.54) is 36.2 Å². The number of hydrogen-bond donors (Lipinski definition) is 0. The standard InChI is InChI=1S/C30H42N4O8/c1-5-41-22-18-32(19-23-42-6-2)29(37)34(25-12-8-7-9-13-25)30(38)33(24-35)27-15-11-10-14-26(27)28(36)31(16-20-39-3)17-21-40-4/h7-15,24H,5-6,16-23H2,1-4H3. The number of nitrogens with zero attached hydrogens (tertiary/aromatic N) is 4. The van der Waals surface area contributed by atoms with Crippen LogP contribution in [0, 0.1) is 0 Å². The minimum absolute atomic E-state index is 0.0336. The average molecular weight is 587 g/mol. The van der Waals surface area contributed by atoms with E-state index in [0.29, 0.717) is 19.6 Å². The predicted molar refractivity (Wildman–Crippen MR) is 159 cm³/mol. The first-order valence-corrected chi connectivity index (χ1v) is 13.9. The molecule has 0 aliphatic heterocycles. The molecule has 0 saturated heterocycles. The Labute approximate surface area is 247 Å². The Bertz CT molecular complexity index is 1100. The number of benzene rings is 2. The number of anilines is 2. The summed E-state index contributed by atoms with van der Waals surface area (Å²) in [6, 6.07) is 12.9. The van der Waals surface area contributed by atoms with E-state index >= 15 is 0 Å². The average Bonchev–Trinajstić information content (AvgIpc) is 3.01. The number of amides is 6. The maximum Gasteiger partial charge on any atom is 0.343 e. The molecule has 0 spiro atoms. The highest BCUT2D eigenvalue weighted by Gasteiger charge is 2.34. The fourth-order valence-corrected chi connectivity index (χ4v) is 4.03. The number of ether oxygens (including phenoxy) is 4. The molecule has 0 aliphatic carbocycles. The molecular weight excluding hydrogens is 544 g/mol. The number of rotatable bonds is 18. The number of hydrogen-bond acceptors (Lipinski definition) is 8. The van der Waals surface area contributed by atoms with E-state index in [0.717, 1.165) is 9.80 Å². The summed E-state index contributed by atoms with van der Waals surface area (Å²) in [7, 11) is 3.06. The van der Waals surface area contributed by atoms with Gasteiger partial charge in [0.2, 0.25) is 6.41 Å². The normalized spacial score (nSPS) is 10.7. The van der Waals surface area contributed by atoms with Gasteiger partial charge in [-0.3, -0.25) is 9.59 Å². The Morgan fingerprint density at radius 2 is 1.21 bits per heavy atom. The minimum atomic E-state index is -0.945. The van der Waals surface area contributed by atoms with Crippen molar-refractivity contribution in [2.24, 2.45) is 0 Å². The summed E-state index contributed by atoms with van der Waals surface area (Å²) in [5, 5.41) is 0.